The number of benzene rings is 1. The van der Waals surface area contributed by atoms with Crippen LogP contribution in [0, 0.1) is 12.7 Å². The second-order valence-electron chi connectivity index (χ2n) is 3.63. The van der Waals surface area contributed by atoms with Crippen molar-refractivity contribution < 1.29 is 4.39 Å². The minimum Gasteiger partial charge on any atom is -0.368 e. The van der Waals surface area contributed by atoms with Crippen molar-refractivity contribution in [2.45, 2.75) is 6.92 Å². The van der Waals surface area contributed by atoms with Crippen molar-refractivity contribution in [3.05, 3.63) is 45.4 Å². The van der Waals surface area contributed by atoms with Gasteiger partial charge in [-0.05, 0) is 24.6 Å². The third-order valence-corrected chi connectivity index (χ3v) is 2.95. The Morgan fingerprint density at radius 1 is 1.44 bits per heavy atom. The molecule has 0 radical (unpaired) electrons. The first-order valence-corrected chi connectivity index (χ1v) is 5.73. The predicted molar refractivity (Wildman–Crippen MR) is 70.8 cm³/mol. The summed E-state index contributed by atoms with van der Waals surface area (Å²) < 4.78 is 14.7. The molecule has 0 bridgehead atoms. The zero-order valence-corrected chi connectivity index (χ0v) is 10.9. The number of hydrogen-bond acceptors (Lipinski definition) is 3. The zero-order chi connectivity index (χ0) is 13.3. The normalized spacial score (nSPS) is 11.3. The van der Waals surface area contributed by atoms with Gasteiger partial charge >= 0.3 is 0 Å². The van der Waals surface area contributed by atoms with Crippen LogP contribution in [0.25, 0.3) is 0 Å². The molecular weight excluding hydrogens is 278 g/mol. The molecule has 18 heavy (non-hydrogen) atoms. The lowest BCUT2D eigenvalue weighted by Gasteiger charge is -2.00. The van der Waals surface area contributed by atoms with E-state index >= 15 is 0 Å². The van der Waals surface area contributed by atoms with Gasteiger partial charge in [0.1, 0.15) is 5.82 Å². The lowest BCUT2D eigenvalue weighted by molar-refractivity contribution is 0.628. The van der Waals surface area contributed by atoms with Crippen LogP contribution in [0.1, 0.15) is 11.3 Å². The van der Waals surface area contributed by atoms with E-state index in [9.17, 15) is 4.39 Å². The molecule has 1 aromatic carbocycles. The Labute approximate surface area is 113 Å². The summed E-state index contributed by atoms with van der Waals surface area (Å²) in [5, 5.41) is 4.07. The molecule has 0 saturated heterocycles. The molecule has 0 amide bonds. The third kappa shape index (κ3) is 2.63. The van der Waals surface area contributed by atoms with E-state index in [0.717, 1.165) is 5.69 Å². The van der Waals surface area contributed by atoms with Gasteiger partial charge in [-0.25, -0.2) is 14.1 Å². The van der Waals surface area contributed by atoms with Crippen molar-refractivity contribution in [3.8, 4) is 0 Å². The average molecular weight is 287 g/mol. The highest BCUT2D eigenvalue weighted by Gasteiger charge is 2.06. The van der Waals surface area contributed by atoms with E-state index in [-0.39, 0.29) is 16.0 Å². The van der Waals surface area contributed by atoms with E-state index in [4.69, 9.17) is 28.9 Å². The molecule has 0 aliphatic heterocycles. The van der Waals surface area contributed by atoms with Crippen LogP contribution in [0.5, 0.6) is 0 Å². The Bertz CT molecular complexity index is 598. The number of anilines is 1. The molecule has 0 unspecified atom stereocenters. The maximum atomic E-state index is 13.3. The van der Waals surface area contributed by atoms with E-state index in [1.54, 1.807) is 13.1 Å². The van der Waals surface area contributed by atoms with Gasteiger partial charge in [-0.3, -0.25) is 0 Å². The van der Waals surface area contributed by atoms with E-state index < -0.39 is 5.82 Å². The number of hydrogen-bond donors (Lipinski definition) is 1. The van der Waals surface area contributed by atoms with Crippen LogP contribution in [0.3, 0.4) is 0 Å². The molecule has 4 nitrogen and oxygen atoms in total. The highest BCUT2D eigenvalue weighted by Crippen LogP contribution is 2.25. The maximum Gasteiger partial charge on any atom is 0.221 e. The standard InChI is InChI=1S/C11H9Cl2FN4/c1-6-5-18(11(15)17-6)16-4-7-2-8(12)10(13)9(14)3-7/h2-5H,1H3,(H2,15,17). The molecule has 1 aromatic heterocycles. The minimum absolute atomic E-state index is 0.105. The fourth-order valence-electron chi connectivity index (χ4n) is 1.37. The van der Waals surface area contributed by atoms with Gasteiger partial charge in [0.25, 0.3) is 0 Å². The molecule has 2 N–H and O–H groups in total. The Hall–Kier alpha value is -1.59. The number of aromatic nitrogens is 2. The van der Waals surface area contributed by atoms with Crippen LogP contribution >= 0.6 is 23.2 Å². The Kier molecular flexibility index (Phi) is 3.54. The lowest BCUT2D eigenvalue weighted by Crippen LogP contribution is -1.97. The molecule has 0 aliphatic rings. The lowest BCUT2D eigenvalue weighted by atomic mass is 10.2. The highest BCUT2D eigenvalue weighted by molar-refractivity contribution is 6.42. The number of nitrogens with zero attached hydrogens (tertiary/aromatic N) is 3. The summed E-state index contributed by atoms with van der Waals surface area (Å²) in [5.74, 6) is -0.343. The zero-order valence-electron chi connectivity index (χ0n) is 9.36. The Balaban J connectivity index is 2.32. The van der Waals surface area contributed by atoms with Gasteiger partial charge in [-0.1, -0.05) is 23.2 Å². The predicted octanol–water partition coefficient (Wildman–Crippen LogP) is 3.10. The number of imidazole rings is 1. The summed E-state index contributed by atoms with van der Waals surface area (Å²) in [6.07, 6.45) is 3.07. The number of rotatable bonds is 2. The first-order valence-electron chi connectivity index (χ1n) is 4.97. The van der Waals surface area contributed by atoms with Gasteiger partial charge in [0.15, 0.2) is 0 Å². The van der Waals surface area contributed by atoms with Crippen molar-refractivity contribution in [1.29, 1.82) is 0 Å². The summed E-state index contributed by atoms with van der Waals surface area (Å²) in [5.41, 5.74) is 6.83. The monoisotopic (exact) mass is 286 g/mol. The molecule has 7 heteroatoms. The maximum absolute atomic E-state index is 13.3. The van der Waals surface area contributed by atoms with E-state index in [0.29, 0.717) is 5.56 Å². The summed E-state index contributed by atoms with van der Waals surface area (Å²) >= 11 is 11.4. The van der Waals surface area contributed by atoms with Crippen LogP contribution < -0.4 is 5.73 Å². The molecule has 0 aliphatic carbocycles. The molecule has 1 heterocycles. The van der Waals surface area contributed by atoms with Gasteiger partial charge < -0.3 is 5.73 Å². The highest BCUT2D eigenvalue weighted by atomic mass is 35.5. The SMILES string of the molecule is Cc1cn(N=Cc2cc(F)c(Cl)c(Cl)c2)c(N)n1. The van der Waals surface area contributed by atoms with Crippen molar-refractivity contribution in [2.75, 3.05) is 5.73 Å². The van der Waals surface area contributed by atoms with E-state index in [1.807, 2.05) is 0 Å². The largest absolute Gasteiger partial charge is 0.368 e. The van der Waals surface area contributed by atoms with Crippen LogP contribution in [0.4, 0.5) is 10.3 Å². The number of nitrogens with two attached hydrogens (primary N) is 1. The van der Waals surface area contributed by atoms with Crippen LogP contribution in [-0.2, 0) is 0 Å². The van der Waals surface area contributed by atoms with Gasteiger partial charge in [0.2, 0.25) is 5.95 Å². The fourth-order valence-corrected chi connectivity index (χ4v) is 1.70. The smallest absolute Gasteiger partial charge is 0.221 e. The van der Waals surface area contributed by atoms with Crippen molar-refractivity contribution in [3.63, 3.8) is 0 Å². The molecule has 0 atom stereocenters. The second-order valence-corrected chi connectivity index (χ2v) is 4.41. The van der Waals surface area contributed by atoms with Crippen molar-refractivity contribution in [1.82, 2.24) is 9.66 Å². The summed E-state index contributed by atoms with van der Waals surface area (Å²) in [7, 11) is 0. The molecule has 0 spiro atoms. The van der Waals surface area contributed by atoms with E-state index in [2.05, 4.69) is 10.1 Å². The Morgan fingerprint density at radius 3 is 2.72 bits per heavy atom. The van der Waals surface area contributed by atoms with Crippen LogP contribution in [0.2, 0.25) is 10.0 Å². The molecule has 2 aromatic rings. The van der Waals surface area contributed by atoms with Crippen LogP contribution in [-0.4, -0.2) is 15.9 Å². The first kappa shape index (κ1) is 12.9. The van der Waals surface area contributed by atoms with Crippen molar-refractivity contribution in [2.24, 2.45) is 5.10 Å². The molecule has 0 saturated carbocycles. The third-order valence-electron chi connectivity index (χ3n) is 2.17. The second kappa shape index (κ2) is 4.96. The van der Waals surface area contributed by atoms with Gasteiger partial charge in [0, 0.05) is 0 Å². The quantitative estimate of drug-likeness (QED) is 0.681. The van der Waals surface area contributed by atoms with Crippen LogP contribution in [0.15, 0.2) is 23.4 Å². The number of aryl methyl sites for hydroxylation is 1. The van der Waals surface area contributed by atoms with Crippen molar-refractivity contribution >= 4 is 35.4 Å². The Morgan fingerprint density at radius 2 is 2.17 bits per heavy atom. The molecule has 0 fully saturated rings. The average Bonchev–Trinajstić information content (AvgIpc) is 2.62. The molecular formula is C11H9Cl2FN4. The fraction of sp³-hybridized carbons (Fsp3) is 0.0909. The van der Waals surface area contributed by atoms with Gasteiger partial charge in [-0.2, -0.15) is 5.10 Å². The number of halogens is 3. The molecule has 94 valence electrons. The van der Waals surface area contributed by atoms with Gasteiger partial charge in [0.05, 0.1) is 28.2 Å². The first-order chi connectivity index (χ1) is 8.47. The number of nitrogen functional groups attached to an aromatic ring is 1. The minimum atomic E-state index is -0.597. The topological polar surface area (TPSA) is 56.2 Å². The summed E-state index contributed by atoms with van der Waals surface area (Å²) in [6.45, 7) is 1.79. The summed E-state index contributed by atoms with van der Waals surface area (Å²) in [6, 6.07) is 2.74. The molecule has 2 rings (SSSR count). The van der Waals surface area contributed by atoms with E-state index in [1.165, 1.54) is 23.0 Å². The van der Waals surface area contributed by atoms with Gasteiger partial charge in [-0.15, -0.1) is 0 Å². The summed E-state index contributed by atoms with van der Waals surface area (Å²) in [4.78, 5) is 3.98.